The molecule has 0 bridgehead atoms. The van der Waals surface area contributed by atoms with E-state index in [1.54, 1.807) is 36.4 Å². The number of allylic oxidation sites excluding steroid dienone is 2. The van der Waals surface area contributed by atoms with Gasteiger partial charge in [-0.15, -0.1) is 0 Å². The summed E-state index contributed by atoms with van der Waals surface area (Å²) < 4.78 is 6.00. The number of carbonyl (C=O) groups is 4. The molecule has 2 aromatic carbocycles. The summed E-state index contributed by atoms with van der Waals surface area (Å²) in [6, 6.07) is 12.9. The predicted octanol–water partition coefficient (Wildman–Crippen LogP) is 4.19. The van der Waals surface area contributed by atoms with E-state index >= 15 is 0 Å². The van der Waals surface area contributed by atoms with E-state index in [2.05, 4.69) is 15.9 Å². The molecule has 0 spiro atoms. The van der Waals surface area contributed by atoms with Crippen LogP contribution in [0, 0.1) is 17.8 Å². The monoisotopic (exact) mass is 481 g/mol. The molecule has 6 nitrogen and oxygen atoms in total. The van der Waals surface area contributed by atoms with Crippen molar-refractivity contribution in [3.63, 3.8) is 0 Å². The molecule has 0 unspecified atom stereocenters. The number of nitrogens with zero attached hydrogens (tertiary/aromatic N) is 1. The molecule has 4 rings (SSSR count). The zero-order valence-electron chi connectivity index (χ0n) is 16.8. The minimum absolute atomic E-state index is 0.0158. The third kappa shape index (κ3) is 4.10. The van der Waals surface area contributed by atoms with E-state index in [-0.39, 0.29) is 40.9 Å². The number of anilines is 1. The third-order valence-electron chi connectivity index (χ3n) is 5.71. The fraction of sp³-hybridized carbons (Fsp3) is 0.250. The van der Waals surface area contributed by atoms with Gasteiger partial charge in [0.1, 0.15) is 0 Å². The fourth-order valence-corrected chi connectivity index (χ4v) is 4.37. The molecule has 0 radical (unpaired) electrons. The van der Waals surface area contributed by atoms with Crippen LogP contribution in [0.15, 0.2) is 65.2 Å². The van der Waals surface area contributed by atoms with E-state index in [1.807, 2.05) is 19.1 Å². The molecule has 0 N–H and O–H groups in total. The molecule has 0 aromatic heterocycles. The number of halogens is 1. The number of ketones is 1. The molecule has 2 amide bonds. The van der Waals surface area contributed by atoms with Crippen LogP contribution in [0.5, 0.6) is 0 Å². The van der Waals surface area contributed by atoms with Crippen LogP contribution < -0.4 is 4.90 Å². The summed E-state index contributed by atoms with van der Waals surface area (Å²) in [5, 5.41) is 0. The Morgan fingerprint density at radius 1 is 1.06 bits per heavy atom. The Hall–Kier alpha value is -3.06. The molecule has 1 aliphatic carbocycles. The van der Waals surface area contributed by atoms with Crippen molar-refractivity contribution in [2.45, 2.75) is 13.3 Å². The zero-order chi connectivity index (χ0) is 22.1. The topological polar surface area (TPSA) is 80.8 Å². The second-order valence-corrected chi connectivity index (χ2v) is 8.64. The lowest BCUT2D eigenvalue weighted by molar-refractivity contribution is -0.122. The largest absolute Gasteiger partial charge is 0.454 e. The van der Waals surface area contributed by atoms with E-state index < -0.39 is 12.6 Å². The first-order chi connectivity index (χ1) is 14.9. The zero-order valence-corrected chi connectivity index (χ0v) is 18.4. The lowest BCUT2D eigenvalue weighted by Gasteiger charge is -2.22. The summed E-state index contributed by atoms with van der Waals surface area (Å²) in [6.07, 6.45) is 4.44. The normalized spacial score (nSPS) is 22.4. The second kappa shape index (κ2) is 8.59. The maximum Gasteiger partial charge on any atom is 0.338 e. The maximum atomic E-state index is 12.9. The van der Waals surface area contributed by atoms with Gasteiger partial charge in [0, 0.05) is 10.0 Å². The highest BCUT2D eigenvalue weighted by Crippen LogP contribution is 2.40. The molecule has 1 saturated heterocycles. The number of carbonyl (C=O) groups excluding carboxylic acids is 4. The summed E-state index contributed by atoms with van der Waals surface area (Å²) in [5.74, 6) is -2.28. The Bertz CT molecular complexity index is 1090. The molecule has 3 atom stereocenters. The average Bonchev–Trinajstić information content (AvgIpc) is 3.03. The summed E-state index contributed by atoms with van der Waals surface area (Å²) in [7, 11) is 0. The number of hydrogen-bond donors (Lipinski definition) is 0. The average molecular weight is 482 g/mol. The standard InChI is InChI=1S/C24H20BrNO5/c1-14-4-2-7-19-21(14)23(29)26(22(19)28)18-6-3-5-16(12-18)24(30)31-13-20(27)15-8-10-17(25)11-9-15/h2-6,8-12,14,19,21H,7,13H2,1H3/t14-,19-,21+/m1/s1. The number of imide groups is 1. The highest BCUT2D eigenvalue weighted by Gasteiger charge is 2.50. The molecule has 0 saturated carbocycles. The molecule has 1 fully saturated rings. The Morgan fingerprint density at radius 2 is 1.81 bits per heavy atom. The lowest BCUT2D eigenvalue weighted by Crippen LogP contribution is -2.31. The summed E-state index contributed by atoms with van der Waals surface area (Å²) in [6.45, 7) is 1.53. The molecule has 158 valence electrons. The summed E-state index contributed by atoms with van der Waals surface area (Å²) in [5.41, 5.74) is 0.941. The molecular formula is C24H20BrNO5. The Balaban J connectivity index is 1.47. The Kier molecular flexibility index (Phi) is 5.87. The summed E-state index contributed by atoms with van der Waals surface area (Å²) in [4.78, 5) is 51.7. The van der Waals surface area contributed by atoms with Gasteiger partial charge in [0.25, 0.3) is 0 Å². The van der Waals surface area contributed by atoms with Gasteiger partial charge in [0.2, 0.25) is 11.8 Å². The van der Waals surface area contributed by atoms with E-state index in [0.717, 1.165) is 4.47 Å². The lowest BCUT2D eigenvalue weighted by atomic mass is 9.78. The van der Waals surface area contributed by atoms with Crippen LogP contribution in [0.3, 0.4) is 0 Å². The van der Waals surface area contributed by atoms with Crippen LogP contribution in [0.2, 0.25) is 0 Å². The number of benzene rings is 2. The first-order valence-electron chi connectivity index (χ1n) is 9.97. The molecule has 31 heavy (non-hydrogen) atoms. The van der Waals surface area contributed by atoms with Gasteiger partial charge < -0.3 is 4.74 Å². The van der Waals surface area contributed by atoms with Crippen molar-refractivity contribution in [3.05, 3.63) is 76.3 Å². The van der Waals surface area contributed by atoms with E-state index in [9.17, 15) is 19.2 Å². The smallest absolute Gasteiger partial charge is 0.338 e. The Morgan fingerprint density at radius 3 is 2.52 bits per heavy atom. The number of rotatable bonds is 5. The fourth-order valence-electron chi connectivity index (χ4n) is 4.11. The van der Waals surface area contributed by atoms with Crippen LogP contribution >= 0.6 is 15.9 Å². The molecule has 2 aliphatic rings. The number of amides is 2. The van der Waals surface area contributed by atoms with Crippen molar-refractivity contribution in [1.29, 1.82) is 0 Å². The number of Topliss-reactive ketones (excluding diaryl/α,β-unsaturated/α-hetero) is 1. The van der Waals surface area contributed by atoms with Crippen LogP contribution in [-0.4, -0.2) is 30.2 Å². The van der Waals surface area contributed by atoms with Crippen LogP contribution in [0.4, 0.5) is 5.69 Å². The van der Waals surface area contributed by atoms with Crippen molar-refractivity contribution >= 4 is 45.2 Å². The van der Waals surface area contributed by atoms with Crippen molar-refractivity contribution in [3.8, 4) is 0 Å². The SMILES string of the molecule is C[C@@H]1C=CC[C@H]2C(=O)N(c3cccc(C(=O)OCC(=O)c4ccc(Br)cc4)c3)C(=O)[C@@H]12. The van der Waals surface area contributed by atoms with Crippen LogP contribution in [0.1, 0.15) is 34.1 Å². The van der Waals surface area contributed by atoms with Crippen molar-refractivity contribution < 1.29 is 23.9 Å². The van der Waals surface area contributed by atoms with Crippen LogP contribution in [0.25, 0.3) is 0 Å². The van der Waals surface area contributed by atoms with Crippen LogP contribution in [-0.2, 0) is 14.3 Å². The highest BCUT2D eigenvalue weighted by molar-refractivity contribution is 9.10. The number of ether oxygens (including phenoxy) is 1. The minimum Gasteiger partial charge on any atom is -0.454 e. The van der Waals surface area contributed by atoms with Gasteiger partial charge in [-0.3, -0.25) is 19.3 Å². The molecule has 7 heteroatoms. The van der Waals surface area contributed by atoms with Crippen molar-refractivity contribution in [2.24, 2.45) is 17.8 Å². The predicted molar refractivity (Wildman–Crippen MR) is 118 cm³/mol. The number of hydrogen-bond acceptors (Lipinski definition) is 5. The van der Waals surface area contributed by atoms with Gasteiger partial charge in [-0.05, 0) is 42.7 Å². The van der Waals surface area contributed by atoms with Gasteiger partial charge in [-0.1, -0.05) is 53.2 Å². The number of fused-ring (bicyclic) bond motifs is 1. The van der Waals surface area contributed by atoms with Gasteiger partial charge in [0.15, 0.2) is 12.4 Å². The van der Waals surface area contributed by atoms with Gasteiger partial charge >= 0.3 is 5.97 Å². The third-order valence-corrected chi connectivity index (χ3v) is 6.24. The highest BCUT2D eigenvalue weighted by atomic mass is 79.9. The van der Waals surface area contributed by atoms with Crippen molar-refractivity contribution in [2.75, 3.05) is 11.5 Å². The minimum atomic E-state index is -0.696. The second-order valence-electron chi connectivity index (χ2n) is 7.72. The molecule has 2 aromatic rings. The van der Waals surface area contributed by atoms with Gasteiger partial charge in [0.05, 0.1) is 23.1 Å². The maximum absolute atomic E-state index is 12.9. The first-order valence-corrected chi connectivity index (χ1v) is 10.8. The van der Waals surface area contributed by atoms with Crippen molar-refractivity contribution in [1.82, 2.24) is 0 Å². The molecular weight excluding hydrogens is 462 g/mol. The van der Waals surface area contributed by atoms with E-state index in [0.29, 0.717) is 17.7 Å². The van der Waals surface area contributed by atoms with E-state index in [1.165, 1.54) is 17.0 Å². The van der Waals surface area contributed by atoms with Gasteiger partial charge in [-0.2, -0.15) is 0 Å². The molecule has 1 aliphatic heterocycles. The summed E-state index contributed by atoms with van der Waals surface area (Å²) >= 11 is 3.30. The number of esters is 1. The first kappa shape index (κ1) is 21.2. The molecule has 1 heterocycles. The van der Waals surface area contributed by atoms with E-state index in [4.69, 9.17) is 4.74 Å². The quantitative estimate of drug-likeness (QED) is 0.276. The van der Waals surface area contributed by atoms with Gasteiger partial charge in [-0.25, -0.2) is 4.79 Å². The Labute approximate surface area is 188 Å².